The molecular weight excluding hydrogens is 452 g/mol. The summed E-state index contributed by atoms with van der Waals surface area (Å²) in [7, 11) is 0. The van der Waals surface area contributed by atoms with Crippen molar-refractivity contribution in [3.8, 4) is 0 Å². The van der Waals surface area contributed by atoms with Crippen LogP contribution in [0.25, 0.3) is 0 Å². The summed E-state index contributed by atoms with van der Waals surface area (Å²) < 4.78 is 0. The third kappa shape index (κ3) is 5.10. The number of likely N-dealkylation sites (tertiary alicyclic amines) is 1. The van der Waals surface area contributed by atoms with E-state index in [1.54, 1.807) is 4.90 Å². The molecule has 2 heterocycles. The number of halogens is 1. The van der Waals surface area contributed by atoms with E-state index >= 15 is 0 Å². The van der Waals surface area contributed by atoms with Gasteiger partial charge in [0.2, 0.25) is 11.8 Å². The topological polar surface area (TPSA) is 96.7 Å². The van der Waals surface area contributed by atoms with E-state index in [1.165, 1.54) is 6.42 Å². The predicted octanol–water partition coefficient (Wildman–Crippen LogP) is 3.34. The number of piperazine rings is 1. The molecule has 1 aromatic rings. The van der Waals surface area contributed by atoms with Crippen molar-refractivity contribution in [2.45, 2.75) is 82.4 Å². The lowest BCUT2D eigenvalue weighted by molar-refractivity contribution is -0.165. The highest BCUT2D eigenvalue weighted by Gasteiger charge is 2.55. The average Bonchev–Trinajstić information content (AvgIpc) is 2.87. The van der Waals surface area contributed by atoms with E-state index in [-0.39, 0.29) is 30.1 Å². The number of benzene rings is 1. The van der Waals surface area contributed by atoms with Crippen LogP contribution in [0.3, 0.4) is 0 Å². The summed E-state index contributed by atoms with van der Waals surface area (Å²) in [6.07, 6.45) is 7.08. The predicted molar refractivity (Wildman–Crippen MR) is 135 cm³/mol. The molecule has 4 rings (SSSR count). The second-order valence-corrected chi connectivity index (χ2v) is 9.92. The van der Waals surface area contributed by atoms with Crippen LogP contribution in [0.1, 0.15) is 70.3 Å². The second-order valence-electron chi connectivity index (χ2n) is 9.92. The summed E-state index contributed by atoms with van der Waals surface area (Å²) in [4.78, 5) is 31.0. The number of unbranched alkanes of at least 4 members (excludes halogenated alkanes) is 1. The fraction of sp³-hybridized carbons (Fsp3) is 0.654. The number of amides is 2. The van der Waals surface area contributed by atoms with Gasteiger partial charge in [-0.3, -0.25) is 15.0 Å². The number of aliphatic hydroxyl groups excluding tert-OH is 1. The summed E-state index contributed by atoms with van der Waals surface area (Å²) in [6.45, 7) is 3.71. The maximum Gasteiger partial charge on any atom is 0.248 e. The van der Waals surface area contributed by atoms with Crippen LogP contribution in [0, 0.1) is 11.3 Å². The Balaban J connectivity index is 0.00000324. The molecule has 1 aromatic carbocycles. The molecule has 0 bridgehead atoms. The number of aliphatic hydroxyl groups is 1. The van der Waals surface area contributed by atoms with Gasteiger partial charge in [0.15, 0.2) is 0 Å². The monoisotopic (exact) mass is 490 g/mol. The van der Waals surface area contributed by atoms with E-state index in [1.807, 2.05) is 35.2 Å². The van der Waals surface area contributed by atoms with Gasteiger partial charge in [-0.25, -0.2) is 0 Å². The molecule has 0 aromatic heterocycles. The molecule has 3 aliphatic rings. The smallest absolute Gasteiger partial charge is 0.248 e. The maximum atomic E-state index is 13.7. The first kappa shape index (κ1) is 26.5. The number of nitrogens with one attached hydrogen (secondary N) is 2. The Kier molecular flexibility index (Phi) is 8.99. The van der Waals surface area contributed by atoms with E-state index in [9.17, 15) is 14.7 Å². The first-order valence-corrected chi connectivity index (χ1v) is 12.7. The summed E-state index contributed by atoms with van der Waals surface area (Å²) >= 11 is 0. The number of carbonyl (C=O) groups excluding carboxylic acids is 2. The van der Waals surface area contributed by atoms with E-state index in [2.05, 4.69) is 12.2 Å². The zero-order chi connectivity index (χ0) is 23.4. The first-order valence-electron chi connectivity index (χ1n) is 12.7. The van der Waals surface area contributed by atoms with Crippen LogP contribution in [-0.4, -0.2) is 69.9 Å². The molecule has 1 aliphatic carbocycles. The molecule has 2 amide bonds. The third-order valence-corrected chi connectivity index (χ3v) is 7.92. The van der Waals surface area contributed by atoms with Gasteiger partial charge in [0.1, 0.15) is 17.4 Å². The van der Waals surface area contributed by atoms with Crippen molar-refractivity contribution < 1.29 is 14.7 Å². The van der Waals surface area contributed by atoms with Gasteiger partial charge in [0.25, 0.3) is 0 Å². The fourth-order valence-electron chi connectivity index (χ4n) is 5.83. The number of piperidine rings is 1. The van der Waals surface area contributed by atoms with E-state index in [4.69, 9.17) is 5.41 Å². The van der Waals surface area contributed by atoms with Crippen molar-refractivity contribution in [1.82, 2.24) is 15.1 Å². The number of carbonyl (C=O) groups is 2. The molecule has 2 saturated heterocycles. The van der Waals surface area contributed by atoms with Crippen molar-refractivity contribution in [2.75, 3.05) is 19.6 Å². The van der Waals surface area contributed by atoms with Gasteiger partial charge in [-0.2, -0.15) is 0 Å². The quantitative estimate of drug-likeness (QED) is 0.421. The lowest BCUT2D eigenvalue weighted by Crippen LogP contribution is -2.75. The molecule has 0 radical (unpaired) electrons. The van der Waals surface area contributed by atoms with Gasteiger partial charge in [-0.15, -0.1) is 12.4 Å². The Morgan fingerprint density at radius 2 is 1.79 bits per heavy atom. The maximum absolute atomic E-state index is 13.7. The van der Waals surface area contributed by atoms with Crippen LogP contribution < -0.4 is 5.32 Å². The first-order chi connectivity index (χ1) is 16.0. The van der Waals surface area contributed by atoms with Crippen molar-refractivity contribution in [3.63, 3.8) is 0 Å². The SMILES string of the molecule is CCCCN1C(=O)[C@@H]([C@H](O)C2CCCCC2)NC(=O)C12CCN(C(=N)c1ccccc1)CC2.Cl. The van der Waals surface area contributed by atoms with E-state index < -0.39 is 17.7 Å². The van der Waals surface area contributed by atoms with Crippen LogP contribution in [-0.2, 0) is 9.59 Å². The summed E-state index contributed by atoms with van der Waals surface area (Å²) in [5.74, 6) is 0.263. The number of hydrogen-bond donors (Lipinski definition) is 3. The number of amidine groups is 1. The Labute approximate surface area is 209 Å². The summed E-state index contributed by atoms with van der Waals surface area (Å²) in [6, 6.07) is 8.79. The molecule has 34 heavy (non-hydrogen) atoms. The van der Waals surface area contributed by atoms with Gasteiger partial charge in [-0.1, -0.05) is 62.9 Å². The zero-order valence-corrected chi connectivity index (χ0v) is 21.0. The molecule has 0 unspecified atom stereocenters. The minimum Gasteiger partial charge on any atom is -0.390 e. The molecule has 7 nitrogen and oxygen atoms in total. The van der Waals surface area contributed by atoms with Gasteiger partial charge in [0.05, 0.1) is 6.10 Å². The Morgan fingerprint density at radius 1 is 1.15 bits per heavy atom. The molecule has 1 spiro atoms. The number of rotatable bonds is 6. The van der Waals surface area contributed by atoms with Crippen LogP contribution >= 0.6 is 12.4 Å². The Bertz CT molecular complexity index is 851. The van der Waals surface area contributed by atoms with Crippen molar-refractivity contribution in [3.05, 3.63) is 35.9 Å². The lowest BCUT2D eigenvalue weighted by Gasteiger charge is -2.53. The molecule has 1 saturated carbocycles. The van der Waals surface area contributed by atoms with E-state index in [0.29, 0.717) is 38.3 Å². The van der Waals surface area contributed by atoms with Crippen LogP contribution in [0.4, 0.5) is 0 Å². The van der Waals surface area contributed by atoms with E-state index in [0.717, 1.165) is 44.1 Å². The standard InChI is InChI=1S/C26H38N4O3.ClH/c1-2-3-16-30-24(32)21(22(31)19-10-6-4-7-11-19)28-25(33)26(30)14-17-29(18-15-26)23(27)20-12-8-5-9-13-20;/h5,8-9,12-13,19,21-22,27,31H,2-4,6-7,10-11,14-18H2,1H3,(H,28,33);1H/t21-,22-;/m1./s1. The van der Waals surface area contributed by atoms with Gasteiger partial charge in [-0.05, 0) is 38.0 Å². The third-order valence-electron chi connectivity index (χ3n) is 7.92. The fourth-order valence-corrected chi connectivity index (χ4v) is 5.83. The molecule has 2 atom stereocenters. The average molecular weight is 491 g/mol. The number of hydrogen-bond acceptors (Lipinski definition) is 4. The van der Waals surface area contributed by atoms with Gasteiger partial charge < -0.3 is 20.2 Å². The highest BCUT2D eigenvalue weighted by molar-refractivity contribution is 6.01. The summed E-state index contributed by atoms with van der Waals surface area (Å²) in [5.41, 5.74) is -0.0289. The zero-order valence-electron chi connectivity index (χ0n) is 20.2. The summed E-state index contributed by atoms with van der Waals surface area (Å²) in [5, 5.41) is 22.6. The molecule has 188 valence electrons. The minimum absolute atomic E-state index is 0. The van der Waals surface area contributed by atoms with Crippen molar-refractivity contribution in [1.29, 1.82) is 5.41 Å². The van der Waals surface area contributed by atoms with Crippen molar-refractivity contribution >= 4 is 30.1 Å². The van der Waals surface area contributed by atoms with Crippen LogP contribution in [0.15, 0.2) is 30.3 Å². The normalized spacial score (nSPS) is 23.9. The highest BCUT2D eigenvalue weighted by Crippen LogP contribution is 2.36. The molecule has 3 fully saturated rings. The highest BCUT2D eigenvalue weighted by atomic mass is 35.5. The largest absolute Gasteiger partial charge is 0.390 e. The Hall–Kier alpha value is -2.12. The lowest BCUT2D eigenvalue weighted by atomic mass is 9.77. The van der Waals surface area contributed by atoms with Gasteiger partial charge >= 0.3 is 0 Å². The Morgan fingerprint density at radius 3 is 2.41 bits per heavy atom. The second kappa shape index (κ2) is 11.5. The molecule has 8 heteroatoms. The molecule has 2 aliphatic heterocycles. The van der Waals surface area contributed by atoms with Crippen LogP contribution in [0.5, 0.6) is 0 Å². The van der Waals surface area contributed by atoms with Crippen molar-refractivity contribution in [2.24, 2.45) is 5.92 Å². The van der Waals surface area contributed by atoms with Gasteiger partial charge in [0, 0.05) is 25.2 Å². The molecule has 3 N–H and O–H groups in total. The number of nitrogens with zero attached hydrogens (tertiary/aromatic N) is 2. The van der Waals surface area contributed by atoms with Crippen LogP contribution in [0.2, 0.25) is 0 Å². The molecular formula is C26H39ClN4O3. The minimum atomic E-state index is -0.886.